The lowest BCUT2D eigenvalue weighted by molar-refractivity contribution is -0.122. The zero-order chi connectivity index (χ0) is 13.7. The molecule has 0 aromatic heterocycles. The van der Waals surface area contributed by atoms with E-state index in [-0.39, 0.29) is 17.2 Å². The number of rotatable bonds is 0. The Labute approximate surface area is 131 Å². The second-order valence-electron chi connectivity index (χ2n) is 5.58. The minimum atomic E-state index is -0.310. The van der Waals surface area contributed by atoms with Gasteiger partial charge in [0.2, 0.25) is 0 Å². The highest BCUT2D eigenvalue weighted by atomic mass is 127. The lowest BCUT2D eigenvalue weighted by Gasteiger charge is -2.39. The van der Waals surface area contributed by atoms with Gasteiger partial charge < -0.3 is 10.6 Å². The Balaban J connectivity index is 1.98. The van der Waals surface area contributed by atoms with Gasteiger partial charge in [-0.1, -0.05) is 18.2 Å². The van der Waals surface area contributed by atoms with Crippen LogP contribution in [0.1, 0.15) is 19.3 Å². The number of hydrogen-bond donors (Lipinski definition) is 2. The van der Waals surface area contributed by atoms with Crippen LogP contribution in [0, 0.1) is 5.41 Å². The van der Waals surface area contributed by atoms with Crippen molar-refractivity contribution in [2.75, 3.05) is 0 Å². The summed E-state index contributed by atoms with van der Waals surface area (Å²) in [6, 6.07) is -0.183. The second kappa shape index (κ2) is 4.35. The first-order valence-corrected chi connectivity index (χ1v) is 8.01. The molecule has 2 unspecified atom stereocenters. The molecule has 102 valence electrons. The second-order valence-corrected chi connectivity index (χ2v) is 6.82. The predicted octanol–water partition coefficient (Wildman–Crippen LogP) is 2.84. The Hall–Kier alpha value is -1.30. The highest BCUT2D eigenvalue weighted by Gasteiger charge is 2.53. The minimum Gasteiger partial charge on any atom is -0.380 e. The third kappa shape index (κ3) is 1.54. The fraction of sp³-hybridized carbons (Fsp3) is 0.312. The molecule has 0 aromatic rings. The van der Waals surface area contributed by atoms with Gasteiger partial charge in [0.25, 0.3) is 0 Å². The monoisotopic (exact) mass is 378 g/mol. The fourth-order valence-corrected chi connectivity index (χ4v) is 4.38. The summed E-state index contributed by atoms with van der Waals surface area (Å²) in [6.07, 6.45) is 15.2. The molecule has 0 aromatic carbocycles. The van der Waals surface area contributed by atoms with E-state index in [1.165, 1.54) is 20.5 Å². The van der Waals surface area contributed by atoms with Gasteiger partial charge in [0.15, 0.2) is 5.78 Å². The van der Waals surface area contributed by atoms with Gasteiger partial charge in [0.1, 0.15) is 6.04 Å². The first kappa shape index (κ1) is 12.4. The standard InChI is InChI=1S/C16H15IN2O/c17-10-7-8-18-15-13(20)5-6-14-16(15,9-10)11-3-1-2-4-12(11)19-14/h2,4,6-9,15,18-19H,1,3,5H2. The average molecular weight is 378 g/mol. The molecule has 2 atom stereocenters. The summed E-state index contributed by atoms with van der Waals surface area (Å²) in [5.74, 6) is 0.269. The van der Waals surface area contributed by atoms with Crippen LogP contribution in [0.25, 0.3) is 0 Å². The molecule has 0 saturated heterocycles. The quantitative estimate of drug-likeness (QED) is 0.637. The van der Waals surface area contributed by atoms with E-state index in [1.807, 2.05) is 12.3 Å². The molecule has 0 fully saturated rings. The number of halogens is 1. The SMILES string of the molecule is O=C1CC=C2NC3=C(CCC=C3)C23C=C(I)C=CNC13. The zero-order valence-electron chi connectivity index (χ0n) is 10.9. The van der Waals surface area contributed by atoms with Crippen molar-refractivity contribution >= 4 is 28.4 Å². The van der Waals surface area contributed by atoms with E-state index in [0.717, 1.165) is 12.8 Å². The van der Waals surface area contributed by atoms with Gasteiger partial charge in [-0.3, -0.25) is 4.79 Å². The predicted molar refractivity (Wildman–Crippen MR) is 86.8 cm³/mol. The molecular weight excluding hydrogens is 363 g/mol. The average Bonchev–Trinajstić information content (AvgIpc) is 2.63. The summed E-state index contributed by atoms with van der Waals surface area (Å²) in [5.41, 5.74) is 3.40. The highest BCUT2D eigenvalue weighted by molar-refractivity contribution is 14.1. The Morgan fingerprint density at radius 3 is 3.15 bits per heavy atom. The van der Waals surface area contributed by atoms with Crippen molar-refractivity contribution in [1.82, 2.24) is 10.6 Å². The summed E-state index contributed by atoms with van der Waals surface area (Å²) in [4.78, 5) is 12.5. The zero-order valence-corrected chi connectivity index (χ0v) is 13.1. The van der Waals surface area contributed by atoms with Crippen molar-refractivity contribution < 1.29 is 4.79 Å². The largest absolute Gasteiger partial charge is 0.380 e. The molecule has 4 aliphatic rings. The Kier molecular flexibility index (Phi) is 2.70. The van der Waals surface area contributed by atoms with Gasteiger partial charge in [-0.15, -0.1) is 0 Å². The van der Waals surface area contributed by atoms with Crippen LogP contribution in [-0.4, -0.2) is 11.8 Å². The van der Waals surface area contributed by atoms with Crippen molar-refractivity contribution in [2.45, 2.75) is 25.3 Å². The maximum atomic E-state index is 12.5. The smallest absolute Gasteiger partial charge is 0.160 e. The summed E-state index contributed by atoms with van der Waals surface area (Å²) >= 11 is 2.34. The van der Waals surface area contributed by atoms with Gasteiger partial charge in [-0.05, 0) is 59.4 Å². The van der Waals surface area contributed by atoms with Crippen LogP contribution in [0.4, 0.5) is 0 Å². The van der Waals surface area contributed by atoms with Crippen LogP contribution in [0.5, 0.6) is 0 Å². The van der Waals surface area contributed by atoms with Crippen LogP contribution in [0.3, 0.4) is 0 Å². The van der Waals surface area contributed by atoms with Crippen LogP contribution in [-0.2, 0) is 4.79 Å². The van der Waals surface area contributed by atoms with Crippen molar-refractivity contribution in [2.24, 2.45) is 5.41 Å². The van der Waals surface area contributed by atoms with E-state index >= 15 is 0 Å². The van der Waals surface area contributed by atoms with Crippen LogP contribution in [0.15, 0.2) is 57.1 Å². The Morgan fingerprint density at radius 2 is 2.25 bits per heavy atom. The molecule has 1 spiro atoms. The molecule has 4 heteroatoms. The number of allylic oxidation sites excluding steroid dienone is 5. The van der Waals surface area contributed by atoms with Crippen molar-refractivity contribution in [3.63, 3.8) is 0 Å². The topological polar surface area (TPSA) is 41.1 Å². The number of Topliss-reactive ketones (excluding diaryl/α,β-unsaturated/α-hetero) is 1. The summed E-state index contributed by atoms with van der Waals surface area (Å²) in [5, 5.41) is 6.87. The molecule has 0 saturated carbocycles. The third-order valence-electron chi connectivity index (χ3n) is 4.54. The normalized spacial score (nSPS) is 34.2. The molecule has 2 aliphatic heterocycles. The van der Waals surface area contributed by atoms with E-state index in [0.29, 0.717) is 6.42 Å². The van der Waals surface area contributed by atoms with E-state index in [9.17, 15) is 4.79 Å². The van der Waals surface area contributed by atoms with Gasteiger partial charge in [-0.25, -0.2) is 0 Å². The summed E-state index contributed by atoms with van der Waals surface area (Å²) in [6.45, 7) is 0. The molecule has 2 N–H and O–H groups in total. The maximum Gasteiger partial charge on any atom is 0.160 e. The number of ketones is 1. The first-order chi connectivity index (χ1) is 9.72. The van der Waals surface area contributed by atoms with E-state index in [1.54, 1.807) is 0 Å². The number of carbonyl (C=O) groups is 1. The van der Waals surface area contributed by atoms with Gasteiger partial charge in [0.05, 0.1) is 5.41 Å². The number of carbonyl (C=O) groups excluding carboxylic acids is 1. The highest BCUT2D eigenvalue weighted by Crippen LogP contribution is 2.52. The molecule has 4 rings (SSSR count). The number of nitrogens with one attached hydrogen (secondary N) is 2. The molecule has 0 bridgehead atoms. The van der Waals surface area contributed by atoms with E-state index in [4.69, 9.17) is 0 Å². The molecule has 2 heterocycles. The van der Waals surface area contributed by atoms with Gasteiger partial charge >= 0.3 is 0 Å². The summed E-state index contributed by atoms with van der Waals surface area (Å²) < 4.78 is 1.17. The number of hydrogen-bond acceptors (Lipinski definition) is 3. The van der Waals surface area contributed by atoms with E-state index < -0.39 is 0 Å². The van der Waals surface area contributed by atoms with Crippen LogP contribution in [0.2, 0.25) is 0 Å². The van der Waals surface area contributed by atoms with Crippen LogP contribution >= 0.6 is 22.6 Å². The molecule has 0 amide bonds. The van der Waals surface area contributed by atoms with Gasteiger partial charge in [0, 0.05) is 21.4 Å². The van der Waals surface area contributed by atoms with Crippen LogP contribution < -0.4 is 10.6 Å². The maximum absolute atomic E-state index is 12.5. The third-order valence-corrected chi connectivity index (χ3v) is 5.21. The Morgan fingerprint density at radius 1 is 1.35 bits per heavy atom. The lowest BCUT2D eigenvalue weighted by atomic mass is 9.66. The molecule has 2 aliphatic carbocycles. The van der Waals surface area contributed by atoms with Crippen molar-refractivity contribution in [1.29, 1.82) is 0 Å². The molecule has 0 radical (unpaired) electrons. The summed E-state index contributed by atoms with van der Waals surface area (Å²) in [7, 11) is 0. The first-order valence-electron chi connectivity index (χ1n) is 6.93. The Bertz CT molecular complexity index is 653. The lowest BCUT2D eigenvalue weighted by Crippen LogP contribution is -2.51. The van der Waals surface area contributed by atoms with Crippen molar-refractivity contribution in [3.8, 4) is 0 Å². The van der Waals surface area contributed by atoms with E-state index in [2.05, 4.69) is 57.5 Å². The molecule has 3 nitrogen and oxygen atoms in total. The fourth-order valence-electron chi connectivity index (χ4n) is 3.71. The minimum absolute atomic E-state index is 0.183. The molecular formula is C16H15IN2O. The molecule has 20 heavy (non-hydrogen) atoms. The van der Waals surface area contributed by atoms with Crippen molar-refractivity contribution in [3.05, 3.63) is 57.1 Å². The van der Waals surface area contributed by atoms with Gasteiger partial charge in [-0.2, -0.15) is 0 Å².